The first-order chi connectivity index (χ1) is 17.5. The number of ether oxygens (including phenoxy) is 1. The van der Waals surface area contributed by atoms with Gasteiger partial charge in [-0.25, -0.2) is 14.5 Å². The van der Waals surface area contributed by atoms with Crippen molar-refractivity contribution in [3.05, 3.63) is 41.7 Å². The van der Waals surface area contributed by atoms with Gasteiger partial charge in [-0.05, 0) is 57.7 Å². The smallest absolute Gasteiger partial charge is 0.416 e. The van der Waals surface area contributed by atoms with Crippen molar-refractivity contribution in [1.29, 1.82) is 0 Å². The normalized spacial score (nSPS) is 17.1. The second-order valence-corrected chi connectivity index (χ2v) is 9.84. The van der Waals surface area contributed by atoms with Crippen LogP contribution in [0.2, 0.25) is 0 Å². The Labute approximate surface area is 214 Å². The van der Waals surface area contributed by atoms with E-state index in [4.69, 9.17) is 4.74 Å². The van der Waals surface area contributed by atoms with Crippen LogP contribution in [-0.4, -0.2) is 56.9 Å². The lowest BCUT2D eigenvalue weighted by atomic mass is 9.98. The number of nitrogens with zero attached hydrogens (tertiary/aromatic N) is 4. The van der Waals surface area contributed by atoms with E-state index < -0.39 is 46.6 Å². The lowest BCUT2D eigenvalue weighted by Crippen LogP contribution is -2.45. The monoisotopic (exact) mass is 547 g/mol. The molecule has 1 aliphatic rings. The van der Waals surface area contributed by atoms with Gasteiger partial charge in [0.1, 0.15) is 11.9 Å². The average Bonchev–Trinajstić information content (AvgIpc) is 3.28. The first-order valence-corrected chi connectivity index (χ1v) is 11.7. The van der Waals surface area contributed by atoms with Crippen LogP contribution in [0.15, 0.2) is 30.6 Å². The molecule has 0 radical (unpaired) electrons. The van der Waals surface area contributed by atoms with Crippen LogP contribution in [0.4, 0.5) is 31.1 Å². The highest BCUT2D eigenvalue weighted by atomic mass is 19.4. The van der Waals surface area contributed by atoms with Gasteiger partial charge in [0.2, 0.25) is 5.91 Å². The highest BCUT2D eigenvalue weighted by Gasteiger charge is 2.37. The number of benzene rings is 1. The average molecular weight is 548 g/mol. The summed E-state index contributed by atoms with van der Waals surface area (Å²) < 4.78 is 85.0. The number of alkyl halides is 6. The number of rotatable bonds is 5. The molecule has 0 spiro atoms. The lowest BCUT2D eigenvalue weighted by molar-refractivity contribution is -0.143. The Morgan fingerprint density at radius 2 is 1.71 bits per heavy atom. The first-order valence-electron chi connectivity index (χ1n) is 11.7. The van der Waals surface area contributed by atoms with E-state index in [1.807, 2.05) is 0 Å². The van der Waals surface area contributed by atoms with E-state index in [2.05, 4.69) is 15.4 Å². The fourth-order valence-corrected chi connectivity index (χ4v) is 3.73. The highest BCUT2D eigenvalue weighted by molar-refractivity contribution is 5.90. The fourth-order valence-electron chi connectivity index (χ4n) is 3.73. The minimum atomic E-state index is -5.00. The van der Waals surface area contributed by atoms with Gasteiger partial charge < -0.3 is 15.0 Å². The molecule has 1 saturated heterocycles. The summed E-state index contributed by atoms with van der Waals surface area (Å²) in [6, 6.07) is 1.07. The molecule has 1 aliphatic heterocycles. The van der Waals surface area contributed by atoms with Gasteiger partial charge in [-0.15, -0.1) is 5.10 Å². The Balaban J connectivity index is 1.61. The SMILES string of the molecule is CC(C)(C)OC(=O)N1CCCC(CNC(=O)C=Cn2cnc(-c3cc(C(F)(F)F)cc(C(F)(F)F)c3)n2)C1. The molecule has 0 aliphatic carbocycles. The second-order valence-electron chi connectivity index (χ2n) is 9.84. The molecule has 1 aromatic carbocycles. The quantitative estimate of drug-likeness (QED) is 0.410. The zero-order valence-corrected chi connectivity index (χ0v) is 20.9. The summed E-state index contributed by atoms with van der Waals surface area (Å²) >= 11 is 0. The molecule has 1 atom stereocenters. The van der Waals surface area contributed by atoms with Crippen molar-refractivity contribution < 1.29 is 40.7 Å². The van der Waals surface area contributed by atoms with E-state index in [-0.39, 0.29) is 24.4 Å². The van der Waals surface area contributed by atoms with Crippen molar-refractivity contribution in [3.8, 4) is 11.4 Å². The molecular formula is C24H27F6N5O3. The molecule has 14 heteroatoms. The molecule has 1 aromatic heterocycles. The van der Waals surface area contributed by atoms with Crippen molar-refractivity contribution in [2.75, 3.05) is 19.6 Å². The number of amides is 2. The van der Waals surface area contributed by atoms with Gasteiger partial charge in [-0.3, -0.25) is 4.79 Å². The van der Waals surface area contributed by atoms with Crippen LogP contribution in [-0.2, 0) is 21.9 Å². The third kappa shape index (κ3) is 8.21. The maximum absolute atomic E-state index is 13.1. The van der Waals surface area contributed by atoms with Crippen molar-refractivity contribution >= 4 is 18.2 Å². The number of nitrogens with one attached hydrogen (secondary N) is 1. The maximum atomic E-state index is 13.1. The van der Waals surface area contributed by atoms with Gasteiger partial charge in [0, 0.05) is 37.5 Å². The van der Waals surface area contributed by atoms with Crippen molar-refractivity contribution in [2.45, 2.75) is 51.6 Å². The largest absolute Gasteiger partial charge is 0.444 e. The predicted molar refractivity (Wildman–Crippen MR) is 124 cm³/mol. The Hall–Kier alpha value is -3.58. The van der Waals surface area contributed by atoms with E-state index in [0.717, 1.165) is 36.1 Å². The Morgan fingerprint density at radius 1 is 1.08 bits per heavy atom. The third-order valence-electron chi connectivity index (χ3n) is 5.47. The number of halogens is 6. The summed E-state index contributed by atoms with van der Waals surface area (Å²) in [4.78, 5) is 29.9. The van der Waals surface area contributed by atoms with E-state index in [1.54, 1.807) is 25.7 Å². The van der Waals surface area contributed by atoms with Crippen LogP contribution in [0, 0.1) is 5.92 Å². The molecule has 2 heterocycles. The summed E-state index contributed by atoms with van der Waals surface area (Å²) in [7, 11) is 0. The Kier molecular flexibility index (Phi) is 8.42. The zero-order valence-electron chi connectivity index (χ0n) is 20.9. The molecule has 1 fully saturated rings. The summed E-state index contributed by atoms with van der Waals surface area (Å²) in [6.45, 7) is 6.59. The number of hydrogen-bond donors (Lipinski definition) is 1. The second kappa shape index (κ2) is 11.0. The summed E-state index contributed by atoms with van der Waals surface area (Å²) in [5.74, 6) is -0.874. The van der Waals surface area contributed by atoms with Crippen molar-refractivity contribution in [1.82, 2.24) is 25.0 Å². The standard InChI is InChI=1S/C24H27F6N5O3/c1-22(2,3)38-21(37)34-7-4-5-15(13-34)12-31-19(36)6-8-35-14-32-20(33-35)16-9-17(23(25,26)27)11-18(10-16)24(28,29)30/h6,8-11,14-15H,4-5,7,12-13H2,1-3H3,(H,31,36). The van der Waals surface area contributed by atoms with E-state index in [9.17, 15) is 35.9 Å². The van der Waals surface area contributed by atoms with Crippen LogP contribution in [0.3, 0.4) is 0 Å². The molecule has 0 bridgehead atoms. The number of likely N-dealkylation sites (tertiary alicyclic amines) is 1. The zero-order chi connectivity index (χ0) is 28.3. The Bertz CT molecular complexity index is 1150. The van der Waals surface area contributed by atoms with Crippen molar-refractivity contribution in [2.24, 2.45) is 5.92 Å². The highest BCUT2D eigenvalue weighted by Crippen LogP contribution is 2.38. The van der Waals surface area contributed by atoms with Crippen molar-refractivity contribution in [3.63, 3.8) is 0 Å². The van der Waals surface area contributed by atoms with E-state index in [0.29, 0.717) is 25.2 Å². The minimum Gasteiger partial charge on any atom is -0.444 e. The number of hydrogen-bond acceptors (Lipinski definition) is 5. The van der Waals surface area contributed by atoms with Gasteiger partial charge in [0.05, 0.1) is 11.1 Å². The fraction of sp³-hybridized carbons (Fsp3) is 0.500. The van der Waals surface area contributed by atoms with Crippen LogP contribution < -0.4 is 5.32 Å². The number of piperidine rings is 1. The van der Waals surface area contributed by atoms with Gasteiger partial charge in [-0.1, -0.05) is 0 Å². The number of carbonyl (C=O) groups excluding carboxylic acids is 2. The number of aromatic nitrogens is 3. The molecule has 0 saturated carbocycles. The molecular weight excluding hydrogens is 520 g/mol. The topological polar surface area (TPSA) is 89.4 Å². The molecule has 2 amide bonds. The molecule has 1 N–H and O–H groups in total. The summed E-state index contributed by atoms with van der Waals surface area (Å²) in [5, 5.41) is 6.55. The maximum Gasteiger partial charge on any atom is 0.416 e. The number of carbonyl (C=O) groups is 2. The van der Waals surface area contributed by atoms with Gasteiger partial charge in [0.15, 0.2) is 5.82 Å². The molecule has 8 nitrogen and oxygen atoms in total. The van der Waals surface area contributed by atoms with E-state index >= 15 is 0 Å². The molecule has 38 heavy (non-hydrogen) atoms. The summed E-state index contributed by atoms with van der Waals surface area (Å²) in [5.41, 5.74) is -4.06. The van der Waals surface area contributed by atoms with Crippen LogP contribution in [0.25, 0.3) is 17.6 Å². The van der Waals surface area contributed by atoms with Crippen LogP contribution in [0.1, 0.15) is 44.7 Å². The van der Waals surface area contributed by atoms with Gasteiger partial charge in [-0.2, -0.15) is 26.3 Å². The molecule has 208 valence electrons. The Morgan fingerprint density at radius 3 is 2.29 bits per heavy atom. The lowest BCUT2D eigenvalue weighted by Gasteiger charge is -2.34. The molecule has 1 unspecified atom stereocenters. The predicted octanol–water partition coefficient (Wildman–Crippen LogP) is 5.22. The van der Waals surface area contributed by atoms with Gasteiger partial charge in [0.25, 0.3) is 0 Å². The molecule has 3 rings (SSSR count). The van der Waals surface area contributed by atoms with E-state index in [1.165, 1.54) is 0 Å². The first kappa shape index (κ1) is 29.0. The summed E-state index contributed by atoms with van der Waals surface area (Å²) in [6.07, 6.45) is -5.56. The minimum absolute atomic E-state index is 0.00956. The molecule has 2 aromatic rings. The van der Waals surface area contributed by atoms with Gasteiger partial charge >= 0.3 is 18.4 Å². The third-order valence-corrected chi connectivity index (χ3v) is 5.47. The van der Waals surface area contributed by atoms with Crippen LogP contribution >= 0.6 is 0 Å². The van der Waals surface area contributed by atoms with Crippen LogP contribution in [0.5, 0.6) is 0 Å².